The first-order valence-corrected chi connectivity index (χ1v) is 11.5. The average molecular weight is 442 g/mol. The molecule has 2 aliphatic rings. The fourth-order valence-corrected chi connectivity index (χ4v) is 4.33. The minimum absolute atomic E-state index is 0.0363. The molecule has 1 saturated heterocycles. The van der Waals surface area contributed by atoms with E-state index in [-0.39, 0.29) is 17.8 Å². The van der Waals surface area contributed by atoms with E-state index in [1.54, 1.807) is 12.1 Å². The van der Waals surface area contributed by atoms with E-state index >= 15 is 0 Å². The van der Waals surface area contributed by atoms with E-state index in [1.807, 2.05) is 29.2 Å². The van der Waals surface area contributed by atoms with Gasteiger partial charge in [-0.15, -0.1) is 0 Å². The number of ether oxygens (including phenoxy) is 2. The first-order chi connectivity index (χ1) is 15.6. The SMILES string of the molecule is CCCN(CCC(=O)N1CCN(c2ccc(F)cc2)CC1)CC1COc2ccccc2O1. The highest BCUT2D eigenvalue weighted by Gasteiger charge is 2.25. The summed E-state index contributed by atoms with van der Waals surface area (Å²) in [5.41, 5.74) is 1.00. The monoisotopic (exact) mass is 441 g/mol. The quantitative estimate of drug-likeness (QED) is 0.628. The Bertz CT molecular complexity index is 884. The van der Waals surface area contributed by atoms with Crippen molar-refractivity contribution in [2.75, 3.05) is 57.3 Å². The van der Waals surface area contributed by atoms with E-state index in [9.17, 15) is 9.18 Å². The first kappa shape index (κ1) is 22.4. The molecule has 2 aliphatic heterocycles. The molecule has 6 nitrogen and oxygen atoms in total. The number of anilines is 1. The predicted octanol–water partition coefficient (Wildman–Crippen LogP) is 3.42. The van der Waals surface area contributed by atoms with Crippen LogP contribution in [0.25, 0.3) is 0 Å². The Balaban J connectivity index is 1.23. The van der Waals surface area contributed by atoms with Crippen LogP contribution in [0, 0.1) is 5.82 Å². The molecule has 1 fully saturated rings. The van der Waals surface area contributed by atoms with Crippen molar-refractivity contribution in [2.45, 2.75) is 25.9 Å². The lowest BCUT2D eigenvalue weighted by Crippen LogP contribution is -2.49. The summed E-state index contributed by atoms with van der Waals surface area (Å²) in [6.07, 6.45) is 1.49. The highest BCUT2D eigenvalue weighted by atomic mass is 19.1. The Kier molecular flexibility index (Phi) is 7.47. The summed E-state index contributed by atoms with van der Waals surface area (Å²) in [5.74, 6) is 1.54. The first-order valence-electron chi connectivity index (χ1n) is 11.5. The number of hydrogen-bond acceptors (Lipinski definition) is 5. The van der Waals surface area contributed by atoms with Gasteiger partial charge in [0.05, 0.1) is 0 Å². The number of carbonyl (C=O) groups is 1. The lowest BCUT2D eigenvalue weighted by molar-refractivity contribution is -0.131. The molecule has 0 radical (unpaired) electrons. The summed E-state index contributed by atoms with van der Waals surface area (Å²) in [6.45, 7) is 7.98. The van der Waals surface area contributed by atoms with Crippen LogP contribution < -0.4 is 14.4 Å². The topological polar surface area (TPSA) is 45.3 Å². The fraction of sp³-hybridized carbons (Fsp3) is 0.480. The van der Waals surface area contributed by atoms with Crippen LogP contribution in [0.1, 0.15) is 19.8 Å². The number of nitrogens with zero attached hydrogens (tertiary/aromatic N) is 3. The van der Waals surface area contributed by atoms with Gasteiger partial charge in [-0.05, 0) is 49.4 Å². The predicted molar refractivity (Wildman–Crippen MR) is 123 cm³/mol. The number of fused-ring (bicyclic) bond motifs is 1. The van der Waals surface area contributed by atoms with Gasteiger partial charge in [-0.3, -0.25) is 9.69 Å². The van der Waals surface area contributed by atoms with Gasteiger partial charge in [-0.2, -0.15) is 0 Å². The fourth-order valence-electron chi connectivity index (χ4n) is 4.33. The molecule has 2 heterocycles. The molecule has 2 aromatic rings. The van der Waals surface area contributed by atoms with Gasteiger partial charge in [0.15, 0.2) is 11.5 Å². The van der Waals surface area contributed by atoms with Gasteiger partial charge < -0.3 is 19.3 Å². The minimum Gasteiger partial charge on any atom is -0.486 e. The molecule has 1 unspecified atom stereocenters. The van der Waals surface area contributed by atoms with Crippen molar-refractivity contribution >= 4 is 11.6 Å². The molecule has 32 heavy (non-hydrogen) atoms. The van der Waals surface area contributed by atoms with E-state index in [1.165, 1.54) is 12.1 Å². The summed E-state index contributed by atoms with van der Waals surface area (Å²) in [6, 6.07) is 14.3. The Morgan fingerprint density at radius 3 is 2.47 bits per heavy atom. The van der Waals surface area contributed by atoms with Crippen molar-refractivity contribution in [3.8, 4) is 11.5 Å². The Morgan fingerprint density at radius 1 is 1.03 bits per heavy atom. The Morgan fingerprint density at radius 2 is 1.75 bits per heavy atom. The number of halogens is 1. The van der Waals surface area contributed by atoms with Gasteiger partial charge in [0.2, 0.25) is 5.91 Å². The number of hydrogen-bond donors (Lipinski definition) is 0. The van der Waals surface area contributed by atoms with Crippen LogP contribution in [0.15, 0.2) is 48.5 Å². The number of rotatable bonds is 8. The van der Waals surface area contributed by atoms with Gasteiger partial charge >= 0.3 is 0 Å². The summed E-state index contributed by atoms with van der Waals surface area (Å²) in [5, 5.41) is 0. The molecule has 2 aromatic carbocycles. The molecule has 7 heteroatoms. The third kappa shape index (κ3) is 5.71. The zero-order valence-electron chi connectivity index (χ0n) is 18.7. The van der Waals surface area contributed by atoms with Gasteiger partial charge in [0.25, 0.3) is 0 Å². The number of para-hydroxylation sites is 2. The smallest absolute Gasteiger partial charge is 0.223 e. The molecule has 0 N–H and O–H groups in total. The molecule has 0 bridgehead atoms. The van der Waals surface area contributed by atoms with Gasteiger partial charge in [-0.25, -0.2) is 4.39 Å². The van der Waals surface area contributed by atoms with Gasteiger partial charge in [0.1, 0.15) is 18.5 Å². The van der Waals surface area contributed by atoms with Crippen LogP contribution in [0.5, 0.6) is 11.5 Å². The van der Waals surface area contributed by atoms with Crippen LogP contribution >= 0.6 is 0 Å². The van der Waals surface area contributed by atoms with Crippen LogP contribution in [0.2, 0.25) is 0 Å². The van der Waals surface area contributed by atoms with Gasteiger partial charge in [0, 0.05) is 51.4 Å². The second-order valence-corrected chi connectivity index (χ2v) is 8.39. The Labute approximate surface area is 189 Å². The molecule has 4 rings (SSSR count). The summed E-state index contributed by atoms with van der Waals surface area (Å²) in [7, 11) is 0. The molecule has 0 aromatic heterocycles. The van der Waals surface area contributed by atoms with Crippen molar-refractivity contribution in [1.29, 1.82) is 0 Å². The minimum atomic E-state index is -0.228. The van der Waals surface area contributed by atoms with Crippen LogP contribution in [0.3, 0.4) is 0 Å². The molecule has 0 aliphatic carbocycles. The zero-order chi connectivity index (χ0) is 22.3. The molecule has 172 valence electrons. The summed E-state index contributed by atoms with van der Waals surface area (Å²) in [4.78, 5) is 19.3. The number of carbonyl (C=O) groups excluding carboxylic acids is 1. The highest BCUT2D eigenvalue weighted by Crippen LogP contribution is 2.31. The van der Waals surface area contributed by atoms with Crippen LogP contribution in [0.4, 0.5) is 10.1 Å². The molecule has 0 spiro atoms. The second-order valence-electron chi connectivity index (χ2n) is 8.39. The van der Waals surface area contributed by atoms with Crippen molar-refractivity contribution in [2.24, 2.45) is 0 Å². The second kappa shape index (κ2) is 10.7. The average Bonchev–Trinajstić information content (AvgIpc) is 2.83. The summed E-state index contributed by atoms with van der Waals surface area (Å²) < 4.78 is 25.1. The van der Waals surface area contributed by atoms with Gasteiger partial charge in [-0.1, -0.05) is 19.1 Å². The van der Waals surface area contributed by atoms with Crippen molar-refractivity contribution in [3.63, 3.8) is 0 Å². The zero-order valence-corrected chi connectivity index (χ0v) is 18.7. The van der Waals surface area contributed by atoms with E-state index in [0.29, 0.717) is 32.7 Å². The Hall–Kier alpha value is -2.80. The lowest BCUT2D eigenvalue weighted by atomic mass is 10.2. The summed E-state index contributed by atoms with van der Waals surface area (Å²) >= 11 is 0. The van der Waals surface area contributed by atoms with Crippen molar-refractivity contribution < 1.29 is 18.7 Å². The maximum Gasteiger partial charge on any atom is 0.223 e. The number of amides is 1. The van der Waals surface area contributed by atoms with E-state index in [2.05, 4.69) is 16.7 Å². The number of benzene rings is 2. The highest BCUT2D eigenvalue weighted by molar-refractivity contribution is 5.76. The number of piperazine rings is 1. The van der Waals surface area contributed by atoms with Crippen LogP contribution in [-0.2, 0) is 4.79 Å². The largest absolute Gasteiger partial charge is 0.486 e. The maximum atomic E-state index is 13.2. The molecular formula is C25H32FN3O3. The third-order valence-corrected chi connectivity index (χ3v) is 6.04. The molecule has 1 atom stereocenters. The molecule has 1 amide bonds. The van der Waals surface area contributed by atoms with E-state index < -0.39 is 0 Å². The maximum absolute atomic E-state index is 13.2. The molecular weight excluding hydrogens is 409 g/mol. The van der Waals surface area contributed by atoms with E-state index in [0.717, 1.165) is 49.8 Å². The lowest BCUT2D eigenvalue weighted by Gasteiger charge is -2.36. The third-order valence-electron chi connectivity index (χ3n) is 6.04. The van der Waals surface area contributed by atoms with Crippen LogP contribution in [-0.4, -0.2) is 74.2 Å². The van der Waals surface area contributed by atoms with Crippen molar-refractivity contribution in [3.05, 3.63) is 54.3 Å². The normalized spacial score (nSPS) is 18.2. The van der Waals surface area contributed by atoms with E-state index in [4.69, 9.17) is 9.47 Å². The standard InChI is InChI=1S/C25H32FN3O3/c1-2-12-27(18-22-19-31-23-5-3-4-6-24(23)32-22)13-11-25(30)29-16-14-28(15-17-29)21-9-7-20(26)8-10-21/h3-10,22H,2,11-19H2,1H3. The molecule has 0 saturated carbocycles. The van der Waals surface area contributed by atoms with Crippen molar-refractivity contribution in [1.82, 2.24) is 9.80 Å².